The van der Waals surface area contributed by atoms with Gasteiger partial charge >= 0.3 is 12.0 Å². The number of anilines is 1. The van der Waals surface area contributed by atoms with Gasteiger partial charge < -0.3 is 10.0 Å². The molecule has 0 aliphatic rings. The number of aryl methyl sites for hydroxylation is 1. The lowest BCUT2D eigenvalue weighted by atomic mass is 10.1. The van der Waals surface area contributed by atoms with E-state index in [1.54, 1.807) is 7.05 Å². The second-order valence-electron chi connectivity index (χ2n) is 5.53. The Morgan fingerprint density at radius 2 is 1.76 bits per heavy atom. The molecule has 1 rings (SSSR count). The SMILES string of the molecule is CCc1ccc(N(C)C(=O)N(CC(=O)O)CC(C)C)cc1. The third-order valence-corrected chi connectivity index (χ3v) is 3.20. The van der Waals surface area contributed by atoms with Gasteiger partial charge in [0.05, 0.1) is 0 Å². The van der Waals surface area contributed by atoms with Gasteiger partial charge in [0, 0.05) is 19.3 Å². The van der Waals surface area contributed by atoms with Crippen molar-refractivity contribution in [3.05, 3.63) is 29.8 Å². The third-order valence-electron chi connectivity index (χ3n) is 3.20. The standard InChI is InChI=1S/C16H24N2O3/c1-5-13-6-8-14(9-7-13)17(4)16(21)18(10-12(2)3)11-15(19)20/h6-9,12H,5,10-11H2,1-4H3,(H,19,20). The van der Waals surface area contributed by atoms with Gasteiger partial charge in [-0.1, -0.05) is 32.9 Å². The summed E-state index contributed by atoms with van der Waals surface area (Å²) in [6, 6.07) is 7.41. The highest BCUT2D eigenvalue weighted by Crippen LogP contribution is 2.16. The maximum Gasteiger partial charge on any atom is 0.324 e. The Morgan fingerprint density at radius 1 is 1.19 bits per heavy atom. The van der Waals surface area contributed by atoms with Crippen LogP contribution in [0.25, 0.3) is 0 Å². The Bertz CT molecular complexity index is 483. The van der Waals surface area contributed by atoms with Crippen molar-refractivity contribution in [3.8, 4) is 0 Å². The minimum absolute atomic E-state index is 0.212. The Hall–Kier alpha value is -2.04. The van der Waals surface area contributed by atoms with E-state index in [4.69, 9.17) is 5.11 Å². The van der Waals surface area contributed by atoms with Crippen LogP contribution in [0.2, 0.25) is 0 Å². The van der Waals surface area contributed by atoms with E-state index < -0.39 is 5.97 Å². The molecule has 0 aliphatic carbocycles. The number of hydrogen-bond acceptors (Lipinski definition) is 2. The first-order valence-corrected chi connectivity index (χ1v) is 7.18. The Labute approximate surface area is 126 Å². The quantitative estimate of drug-likeness (QED) is 0.877. The largest absolute Gasteiger partial charge is 0.480 e. The zero-order chi connectivity index (χ0) is 16.0. The molecule has 0 spiro atoms. The number of urea groups is 1. The first-order valence-electron chi connectivity index (χ1n) is 7.18. The second-order valence-corrected chi connectivity index (χ2v) is 5.53. The predicted molar refractivity (Wildman–Crippen MR) is 83.7 cm³/mol. The molecule has 2 amide bonds. The van der Waals surface area contributed by atoms with Crippen molar-refractivity contribution in [3.63, 3.8) is 0 Å². The predicted octanol–water partition coefficient (Wildman–Crippen LogP) is 2.85. The smallest absolute Gasteiger partial charge is 0.324 e. The monoisotopic (exact) mass is 292 g/mol. The van der Waals surface area contributed by atoms with Crippen LogP contribution in [-0.4, -0.2) is 42.1 Å². The van der Waals surface area contributed by atoms with E-state index in [1.807, 2.05) is 38.1 Å². The third kappa shape index (κ3) is 5.10. The molecule has 0 fully saturated rings. The van der Waals surface area contributed by atoms with Crippen LogP contribution in [0.5, 0.6) is 0 Å². The summed E-state index contributed by atoms with van der Waals surface area (Å²) in [5.41, 5.74) is 1.96. The molecule has 0 aromatic heterocycles. The zero-order valence-corrected chi connectivity index (χ0v) is 13.2. The molecule has 1 aromatic carbocycles. The van der Waals surface area contributed by atoms with Gasteiger partial charge in [0.2, 0.25) is 0 Å². The molecule has 0 atom stereocenters. The van der Waals surface area contributed by atoms with Crippen molar-refractivity contribution in [2.75, 3.05) is 25.0 Å². The van der Waals surface area contributed by atoms with E-state index in [0.29, 0.717) is 6.54 Å². The average molecular weight is 292 g/mol. The molecule has 0 radical (unpaired) electrons. The first kappa shape index (κ1) is 17.0. The number of nitrogens with zero attached hydrogens (tertiary/aromatic N) is 2. The number of carboxylic acids is 1. The topological polar surface area (TPSA) is 60.9 Å². The van der Waals surface area contributed by atoms with Gasteiger partial charge in [-0.05, 0) is 30.0 Å². The van der Waals surface area contributed by atoms with Crippen LogP contribution < -0.4 is 4.90 Å². The van der Waals surface area contributed by atoms with E-state index in [0.717, 1.165) is 12.1 Å². The normalized spacial score (nSPS) is 10.5. The van der Waals surface area contributed by atoms with Gasteiger partial charge in [-0.15, -0.1) is 0 Å². The van der Waals surface area contributed by atoms with Gasteiger partial charge in [-0.25, -0.2) is 4.79 Å². The summed E-state index contributed by atoms with van der Waals surface area (Å²) in [5, 5.41) is 8.95. The molecular formula is C16H24N2O3. The van der Waals surface area contributed by atoms with Crippen LogP contribution in [0.1, 0.15) is 26.3 Å². The van der Waals surface area contributed by atoms with Gasteiger partial charge in [-0.2, -0.15) is 0 Å². The molecule has 5 nitrogen and oxygen atoms in total. The highest BCUT2D eigenvalue weighted by Gasteiger charge is 2.22. The summed E-state index contributed by atoms with van der Waals surface area (Å²) < 4.78 is 0. The number of rotatable bonds is 6. The summed E-state index contributed by atoms with van der Waals surface area (Å²) in [5.74, 6) is -0.789. The van der Waals surface area contributed by atoms with Crippen LogP contribution >= 0.6 is 0 Å². The minimum Gasteiger partial charge on any atom is -0.480 e. The van der Waals surface area contributed by atoms with E-state index in [1.165, 1.54) is 15.4 Å². The Balaban J connectivity index is 2.87. The van der Waals surface area contributed by atoms with Crippen LogP contribution in [0.3, 0.4) is 0 Å². The molecule has 0 aliphatic heterocycles. The summed E-state index contributed by atoms with van der Waals surface area (Å²) in [6.07, 6.45) is 0.941. The van der Waals surface area contributed by atoms with E-state index in [9.17, 15) is 9.59 Å². The van der Waals surface area contributed by atoms with E-state index in [-0.39, 0.29) is 18.5 Å². The lowest BCUT2D eigenvalue weighted by Crippen LogP contribution is -2.45. The fraction of sp³-hybridized carbons (Fsp3) is 0.500. The fourth-order valence-corrected chi connectivity index (χ4v) is 2.09. The van der Waals surface area contributed by atoms with Crippen molar-refractivity contribution in [2.24, 2.45) is 5.92 Å². The van der Waals surface area contributed by atoms with Crippen molar-refractivity contribution < 1.29 is 14.7 Å². The van der Waals surface area contributed by atoms with Crippen molar-refractivity contribution in [1.29, 1.82) is 0 Å². The number of benzene rings is 1. The maximum atomic E-state index is 12.5. The molecule has 0 heterocycles. The summed E-state index contributed by atoms with van der Waals surface area (Å²) in [6.45, 7) is 6.12. The first-order chi connectivity index (χ1) is 9.85. The number of hydrogen-bond donors (Lipinski definition) is 1. The molecular weight excluding hydrogens is 268 g/mol. The maximum absolute atomic E-state index is 12.5. The molecule has 116 valence electrons. The number of carboxylic acid groups (broad SMARTS) is 1. The van der Waals surface area contributed by atoms with Crippen LogP contribution in [-0.2, 0) is 11.2 Å². The zero-order valence-electron chi connectivity index (χ0n) is 13.2. The van der Waals surface area contributed by atoms with Gasteiger partial charge in [0.25, 0.3) is 0 Å². The molecule has 0 saturated carbocycles. The summed E-state index contributed by atoms with van der Waals surface area (Å²) in [7, 11) is 1.67. The lowest BCUT2D eigenvalue weighted by molar-refractivity contribution is -0.137. The van der Waals surface area contributed by atoms with E-state index >= 15 is 0 Å². The van der Waals surface area contributed by atoms with Crippen molar-refractivity contribution in [2.45, 2.75) is 27.2 Å². The minimum atomic E-state index is -1.00. The fourth-order valence-electron chi connectivity index (χ4n) is 2.09. The van der Waals surface area contributed by atoms with E-state index in [2.05, 4.69) is 6.92 Å². The van der Waals surface area contributed by atoms with Crippen LogP contribution in [0.4, 0.5) is 10.5 Å². The van der Waals surface area contributed by atoms with Gasteiger partial charge in [0.15, 0.2) is 0 Å². The second kappa shape index (κ2) is 7.67. The average Bonchev–Trinajstić information content (AvgIpc) is 2.44. The van der Waals surface area contributed by atoms with Gasteiger partial charge in [-0.3, -0.25) is 9.69 Å². The van der Waals surface area contributed by atoms with Crippen LogP contribution in [0, 0.1) is 5.92 Å². The highest BCUT2D eigenvalue weighted by molar-refractivity contribution is 5.93. The van der Waals surface area contributed by atoms with Crippen molar-refractivity contribution in [1.82, 2.24) is 4.90 Å². The lowest BCUT2D eigenvalue weighted by Gasteiger charge is -2.28. The van der Waals surface area contributed by atoms with Crippen LogP contribution in [0.15, 0.2) is 24.3 Å². The molecule has 21 heavy (non-hydrogen) atoms. The summed E-state index contributed by atoms with van der Waals surface area (Å²) >= 11 is 0. The number of amides is 2. The molecule has 0 bridgehead atoms. The molecule has 1 aromatic rings. The molecule has 1 N–H and O–H groups in total. The Kier molecular flexibility index (Phi) is 6.21. The van der Waals surface area contributed by atoms with Gasteiger partial charge in [0.1, 0.15) is 6.54 Å². The molecule has 0 unspecified atom stereocenters. The number of carbonyl (C=O) groups excluding carboxylic acids is 1. The number of carbonyl (C=O) groups is 2. The summed E-state index contributed by atoms with van der Waals surface area (Å²) in [4.78, 5) is 26.2. The number of aliphatic carboxylic acids is 1. The highest BCUT2D eigenvalue weighted by atomic mass is 16.4. The molecule has 0 saturated heterocycles. The molecule has 5 heteroatoms. The Morgan fingerprint density at radius 3 is 2.19 bits per heavy atom. The van der Waals surface area contributed by atoms with Crippen molar-refractivity contribution >= 4 is 17.7 Å².